The van der Waals surface area contributed by atoms with Crippen LogP contribution in [0.4, 0.5) is 0 Å². The Labute approximate surface area is 213 Å². The Hall–Kier alpha value is -3.92. The molecule has 3 aromatic carbocycles. The molecule has 0 spiro atoms. The molecule has 1 heterocycles. The molecule has 4 aromatic rings. The quantitative estimate of drug-likeness (QED) is 0.164. The van der Waals surface area contributed by atoms with Crippen LogP contribution in [0.15, 0.2) is 103 Å². The van der Waals surface area contributed by atoms with Crippen LogP contribution in [0.25, 0.3) is 33.6 Å². The zero-order valence-electron chi connectivity index (χ0n) is 20.9. The van der Waals surface area contributed by atoms with Crippen LogP contribution in [-0.2, 0) is 4.79 Å². The van der Waals surface area contributed by atoms with E-state index in [-0.39, 0.29) is 0 Å². The second kappa shape index (κ2) is 12.7. The molecule has 0 fully saturated rings. The number of carbonyl (C=O) groups is 1. The van der Waals surface area contributed by atoms with Crippen molar-refractivity contribution in [2.45, 2.75) is 51.5 Å². The van der Waals surface area contributed by atoms with Crippen LogP contribution < -0.4 is 0 Å². The van der Waals surface area contributed by atoms with Crippen molar-refractivity contribution in [1.29, 1.82) is 0 Å². The number of carboxylic acid groups (broad SMARTS) is 1. The summed E-state index contributed by atoms with van der Waals surface area (Å²) in [6, 6.07) is 29.4. The fourth-order valence-corrected chi connectivity index (χ4v) is 4.56. The van der Waals surface area contributed by atoms with Crippen molar-refractivity contribution in [1.82, 2.24) is 9.78 Å². The smallest absolute Gasteiger partial charge is 0.328 e. The monoisotopic (exact) mass is 478 g/mol. The van der Waals surface area contributed by atoms with E-state index >= 15 is 0 Å². The molecule has 0 saturated carbocycles. The van der Waals surface area contributed by atoms with Gasteiger partial charge in [-0.1, -0.05) is 123 Å². The third kappa shape index (κ3) is 6.01. The van der Waals surface area contributed by atoms with Crippen molar-refractivity contribution in [2.75, 3.05) is 0 Å². The predicted molar refractivity (Wildman–Crippen MR) is 148 cm³/mol. The first-order valence-corrected chi connectivity index (χ1v) is 12.9. The Morgan fingerprint density at radius 2 is 1.36 bits per heavy atom. The average molecular weight is 479 g/mol. The minimum atomic E-state index is -0.867. The maximum atomic E-state index is 12.6. The van der Waals surface area contributed by atoms with E-state index in [1.165, 1.54) is 19.3 Å². The number of unbranched alkanes of at least 4 members (excludes halogenated alkanes) is 3. The third-order valence-electron chi connectivity index (χ3n) is 6.40. The number of benzene rings is 3. The summed E-state index contributed by atoms with van der Waals surface area (Å²) < 4.78 is 1.74. The van der Waals surface area contributed by atoms with Crippen LogP contribution >= 0.6 is 0 Å². The molecule has 0 aliphatic carbocycles. The molecular formula is C32H34N2O2. The first-order chi connectivity index (χ1) is 17.7. The molecule has 36 heavy (non-hydrogen) atoms. The molecule has 0 aliphatic rings. The van der Waals surface area contributed by atoms with Crippen molar-refractivity contribution in [3.8, 4) is 33.6 Å². The van der Waals surface area contributed by atoms with Gasteiger partial charge in [-0.05, 0) is 31.2 Å². The SMILES string of the molecule is CCCCCC=CCCC(C(=O)O)n1nc(-c2ccccc2)c(-c2ccccc2)c1-c1ccccc1. The zero-order chi connectivity index (χ0) is 25.2. The van der Waals surface area contributed by atoms with Gasteiger partial charge in [0.05, 0.1) is 5.69 Å². The second-order valence-electron chi connectivity index (χ2n) is 9.01. The van der Waals surface area contributed by atoms with Gasteiger partial charge in [0.2, 0.25) is 0 Å². The first-order valence-electron chi connectivity index (χ1n) is 12.9. The van der Waals surface area contributed by atoms with E-state index in [0.717, 1.165) is 40.1 Å². The molecule has 4 heteroatoms. The number of hydrogen-bond acceptors (Lipinski definition) is 2. The third-order valence-corrected chi connectivity index (χ3v) is 6.40. The highest BCUT2D eigenvalue weighted by atomic mass is 16.4. The molecule has 0 radical (unpaired) electrons. The molecule has 1 unspecified atom stereocenters. The lowest BCUT2D eigenvalue weighted by atomic mass is 9.95. The van der Waals surface area contributed by atoms with Crippen molar-refractivity contribution < 1.29 is 9.90 Å². The molecule has 0 aliphatic heterocycles. The lowest BCUT2D eigenvalue weighted by Gasteiger charge is -2.17. The minimum Gasteiger partial charge on any atom is -0.480 e. The standard InChI is InChI=1S/C32H34N2O2/c1-2-3-4-5-6-7-17-24-28(32(35)36)34-31(27-22-15-10-16-23-27)29(25-18-11-8-12-19-25)30(33-34)26-20-13-9-14-21-26/h6-16,18-23,28H,2-5,17,24H2,1H3,(H,35,36). The normalized spacial score (nSPS) is 12.1. The van der Waals surface area contributed by atoms with Crippen molar-refractivity contribution >= 4 is 5.97 Å². The molecule has 0 bridgehead atoms. The number of allylic oxidation sites excluding steroid dienone is 2. The highest BCUT2D eigenvalue weighted by molar-refractivity contribution is 5.92. The topological polar surface area (TPSA) is 55.1 Å². The summed E-state index contributed by atoms with van der Waals surface area (Å²) in [5.41, 5.74) is 5.51. The van der Waals surface area contributed by atoms with E-state index < -0.39 is 12.0 Å². The number of aliphatic carboxylic acids is 1. The van der Waals surface area contributed by atoms with Gasteiger partial charge in [-0.15, -0.1) is 0 Å². The van der Waals surface area contributed by atoms with Gasteiger partial charge >= 0.3 is 5.97 Å². The van der Waals surface area contributed by atoms with Gasteiger partial charge < -0.3 is 5.11 Å². The summed E-state index contributed by atoms with van der Waals surface area (Å²) in [6.07, 6.45) is 10.1. The summed E-state index contributed by atoms with van der Waals surface area (Å²) in [6.45, 7) is 2.20. The Kier molecular flexibility index (Phi) is 8.87. The van der Waals surface area contributed by atoms with Crippen molar-refractivity contribution in [2.24, 2.45) is 0 Å². The Morgan fingerprint density at radius 1 is 0.806 bits per heavy atom. The van der Waals surface area contributed by atoms with Gasteiger partial charge in [-0.25, -0.2) is 9.48 Å². The molecular weight excluding hydrogens is 444 g/mol. The van der Waals surface area contributed by atoms with Gasteiger partial charge in [0.25, 0.3) is 0 Å². The number of rotatable bonds is 12. The van der Waals surface area contributed by atoms with E-state index in [1.54, 1.807) is 4.68 Å². The summed E-state index contributed by atoms with van der Waals surface area (Å²) in [5, 5.41) is 15.3. The van der Waals surface area contributed by atoms with E-state index in [2.05, 4.69) is 31.2 Å². The lowest BCUT2D eigenvalue weighted by molar-refractivity contribution is -0.141. The maximum absolute atomic E-state index is 12.6. The predicted octanol–water partition coefficient (Wildman–Crippen LogP) is 8.43. The largest absolute Gasteiger partial charge is 0.480 e. The van der Waals surface area contributed by atoms with E-state index in [1.807, 2.05) is 78.9 Å². The van der Waals surface area contributed by atoms with Crippen LogP contribution in [0, 0.1) is 0 Å². The lowest BCUT2D eigenvalue weighted by Crippen LogP contribution is -2.21. The highest BCUT2D eigenvalue weighted by Gasteiger charge is 2.29. The van der Waals surface area contributed by atoms with Crippen LogP contribution in [0.2, 0.25) is 0 Å². The van der Waals surface area contributed by atoms with Crippen LogP contribution in [-0.4, -0.2) is 20.9 Å². The van der Waals surface area contributed by atoms with Gasteiger partial charge in [-0.3, -0.25) is 0 Å². The van der Waals surface area contributed by atoms with Crippen molar-refractivity contribution in [3.63, 3.8) is 0 Å². The van der Waals surface area contributed by atoms with Crippen LogP contribution in [0.1, 0.15) is 51.5 Å². The molecule has 4 rings (SSSR count). The summed E-state index contributed by atoms with van der Waals surface area (Å²) in [4.78, 5) is 12.6. The second-order valence-corrected chi connectivity index (χ2v) is 9.01. The Balaban J connectivity index is 1.82. The summed E-state index contributed by atoms with van der Waals surface area (Å²) in [5.74, 6) is -0.867. The van der Waals surface area contributed by atoms with Gasteiger partial charge in [0.1, 0.15) is 11.7 Å². The Bertz CT molecular complexity index is 1260. The fraction of sp³-hybridized carbons (Fsp3) is 0.250. The van der Waals surface area contributed by atoms with Crippen LogP contribution in [0.3, 0.4) is 0 Å². The van der Waals surface area contributed by atoms with E-state index in [0.29, 0.717) is 12.8 Å². The number of hydrogen-bond donors (Lipinski definition) is 1. The van der Waals surface area contributed by atoms with E-state index in [4.69, 9.17) is 5.10 Å². The average Bonchev–Trinajstić information content (AvgIpc) is 3.32. The molecule has 1 atom stereocenters. The van der Waals surface area contributed by atoms with E-state index in [9.17, 15) is 9.90 Å². The molecule has 1 N–H and O–H groups in total. The number of carboxylic acids is 1. The number of nitrogens with zero attached hydrogens (tertiary/aromatic N) is 2. The van der Waals surface area contributed by atoms with Crippen molar-refractivity contribution in [3.05, 3.63) is 103 Å². The first kappa shape index (κ1) is 25.2. The molecule has 4 nitrogen and oxygen atoms in total. The Morgan fingerprint density at radius 3 is 1.94 bits per heavy atom. The molecule has 1 aromatic heterocycles. The summed E-state index contributed by atoms with van der Waals surface area (Å²) >= 11 is 0. The van der Waals surface area contributed by atoms with Gasteiger partial charge in [0.15, 0.2) is 0 Å². The zero-order valence-corrected chi connectivity index (χ0v) is 20.9. The number of aromatic nitrogens is 2. The van der Waals surface area contributed by atoms with Gasteiger partial charge in [0, 0.05) is 16.7 Å². The van der Waals surface area contributed by atoms with Crippen LogP contribution in [0.5, 0.6) is 0 Å². The van der Waals surface area contributed by atoms with Gasteiger partial charge in [-0.2, -0.15) is 5.10 Å². The fourth-order valence-electron chi connectivity index (χ4n) is 4.56. The molecule has 0 amide bonds. The molecule has 184 valence electrons. The highest BCUT2D eigenvalue weighted by Crippen LogP contribution is 2.41. The minimum absolute atomic E-state index is 0.476. The maximum Gasteiger partial charge on any atom is 0.328 e. The molecule has 0 saturated heterocycles. The summed E-state index contributed by atoms with van der Waals surface area (Å²) in [7, 11) is 0.